The molecule has 2 heterocycles. The van der Waals surface area contributed by atoms with Crippen LogP contribution in [-0.4, -0.2) is 16.8 Å². The van der Waals surface area contributed by atoms with Crippen molar-refractivity contribution in [1.29, 1.82) is 0 Å². The largest absolute Gasteiger partial charge is 0.505 e. The number of aromatic hydroxyl groups is 1. The first kappa shape index (κ1) is 20.0. The van der Waals surface area contributed by atoms with Gasteiger partial charge in [-0.15, -0.1) is 0 Å². The minimum Gasteiger partial charge on any atom is -0.505 e. The Bertz CT molecular complexity index is 1570. The van der Waals surface area contributed by atoms with Crippen molar-refractivity contribution in [2.45, 2.75) is 9.79 Å². The molecule has 6 nitrogen and oxygen atoms in total. The Morgan fingerprint density at radius 2 is 1.62 bits per heavy atom. The predicted molar refractivity (Wildman–Crippen MR) is 124 cm³/mol. The van der Waals surface area contributed by atoms with Crippen molar-refractivity contribution >= 4 is 33.6 Å². The van der Waals surface area contributed by atoms with Crippen molar-refractivity contribution in [2.75, 3.05) is 7.11 Å². The lowest BCUT2D eigenvalue weighted by Gasteiger charge is -2.15. The summed E-state index contributed by atoms with van der Waals surface area (Å²) in [7, 11) is 1.53. The van der Waals surface area contributed by atoms with Crippen LogP contribution >= 0.6 is 11.8 Å². The van der Waals surface area contributed by atoms with Crippen LogP contribution in [0, 0.1) is 0 Å². The number of pyridine rings is 1. The second-order valence-electron chi connectivity index (χ2n) is 7.05. The molecule has 0 fully saturated rings. The summed E-state index contributed by atoms with van der Waals surface area (Å²) in [6, 6.07) is 23.3. The predicted octanol–water partition coefficient (Wildman–Crippen LogP) is 4.96. The van der Waals surface area contributed by atoms with Crippen molar-refractivity contribution in [1.82, 2.24) is 4.57 Å². The lowest BCUT2D eigenvalue weighted by Crippen LogP contribution is -2.20. The number of ether oxygens (including phenoxy) is 1. The molecule has 0 aliphatic rings. The average molecular weight is 443 g/mol. The van der Waals surface area contributed by atoms with Crippen molar-refractivity contribution in [3.05, 3.63) is 99.6 Å². The van der Waals surface area contributed by atoms with Gasteiger partial charge in [-0.2, -0.15) is 0 Å². The molecule has 0 aliphatic heterocycles. The topological polar surface area (TPSA) is 81.7 Å². The first-order valence-electron chi connectivity index (χ1n) is 9.79. The van der Waals surface area contributed by atoms with E-state index in [-0.39, 0.29) is 15.9 Å². The van der Waals surface area contributed by atoms with Gasteiger partial charge in [-0.25, -0.2) is 4.79 Å². The normalized spacial score (nSPS) is 11.2. The molecule has 0 saturated heterocycles. The zero-order valence-corrected chi connectivity index (χ0v) is 17.8. The van der Waals surface area contributed by atoms with Gasteiger partial charge in [0.05, 0.1) is 12.6 Å². The summed E-state index contributed by atoms with van der Waals surface area (Å²) in [6.45, 7) is 0. The average Bonchev–Trinajstić information content (AvgIpc) is 2.82. The molecule has 158 valence electrons. The molecule has 5 rings (SSSR count). The third kappa shape index (κ3) is 3.23. The van der Waals surface area contributed by atoms with Crippen LogP contribution in [-0.2, 0) is 0 Å². The van der Waals surface area contributed by atoms with Crippen LogP contribution in [0.25, 0.3) is 27.6 Å². The maximum absolute atomic E-state index is 13.7. The first-order valence-corrected chi connectivity index (χ1v) is 10.6. The Morgan fingerprint density at radius 1 is 0.938 bits per heavy atom. The van der Waals surface area contributed by atoms with Crippen molar-refractivity contribution in [2.24, 2.45) is 0 Å². The summed E-state index contributed by atoms with van der Waals surface area (Å²) in [6.07, 6.45) is 0. The van der Waals surface area contributed by atoms with E-state index in [9.17, 15) is 14.7 Å². The van der Waals surface area contributed by atoms with E-state index in [0.717, 1.165) is 16.7 Å². The zero-order valence-electron chi connectivity index (χ0n) is 16.9. The van der Waals surface area contributed by atoms with Crippen LogP contribution in [0.5, 0.6) is 11.5 Å². The SMILES string of the molecule is COc1ccc2c3oc(=O)c(Sc4ccccc4)c(O)c3c(=O)n(-c3ccccc3)c2c1. The minimum atomic E-state index is -0.710. The van der Waals surface area contributed by atoms with Crippen LogP contribution < -0.4 is 15.9 Å². The highest BCUT2D eigenvalue weighted by Gasteiger charge is 2.23. The van der Waals surface area contributed by atoms with Crippen LogP contribution in [0.1, 0.15) is 0 Å². The smallest absolute Gasteiger partial charge is 0.354 e. The molecule has 3 aromatic carbocycles. The Labute approximate surface area is 186 Å². The van der Waals surface area contributed by atoms with Gasteiger partial charge in [0.2, 0.25) is 0 Å². The van der Waals surface area contributed by atoms with E-state index < -0.39 is 16.9 Å². The summed E-state index contributed by atoms with van der Waals surface area (Å²) < 4.78 is 12.4. The second-order valence-corrected chi connectivity index (χ2v) is 8.13. The van der Waals surface area contributed by atoms with Crippen molar-refractivity contribution in [3.8, 4) is 17.2 Å². The monoisotopic (exact) mass is 443 g/mol. The van der Waals surface area contributed by atoms with Crippen LogP contribution in [0.4, 0.5) is 0 Å². The number of aromatic nitrogens is 1. The molecule has 5 aromatic rings. The third-order valence-corrected chi connectivity index (χ3v) is 6.22. The molecule has 0 spiro atoms. The molecule has 0 radical (unpaired) electrons. The highest BCUT2D eigenvalue weighted by molar-refractivity contribution is 7.99. The van der Waals surface area contributed by atoms with Gasteiger partial charge in [-0.1, -0.05) is 48.2 Å². The Hall–Kier alpha value is -3.97. The Morgan fingerprint density at radius 3 is 2.31 bits per heavy atom. The zero-order chi connectivity index (χ0) is 22.2. The van der Waals surface area contributed by atoms with Crippen LogP contribution in [0.2, 0.25) is 0 Å². The minimum absolute atomic E-state index is 0.0340. The molecule has 0 bridgehead atoms. The summed E-state index contributed by atoms with van der Waals surface area (Å²) in [5.74, 6) is 0.154. The fourth-order valence-corrected chi connectivity index (χ4v) is 4.51. The molecule has 7 heteroatoms. The quantitative estimate of drug-likeness (QED) is 0.395. The van der Waals surface area contributed by atoms with E-state index in [1.807, 2.05) is 48.5 Å². The van der Waals surface area contributed by atoms with E-state index >= 15 is 0 Å². The van der Waals surface area contributed by atoms with E-state index in [1.54, 1.807) is 30.3 Å². The molecule has 0 aliphatic carbocycles. The maximum atomic E-state index is 13.7. The molecule has 2 aromatic heterocycles. The van der Waals surface area contributed by atoms with Gasteiger partial charge >= 0.3 is 5.63 Å². The van der Waals surface area contributed by atoms with E-state index in [2.05, 4.69) is 0 Å². The standard InChI is InChI=1S/C25H17NO5S/c1-30-16-12-13-18-19(14-16)26(15-8-4-2-5-9-15)24(28)20-21(27)23(25(29)31-22(18)20)32-17-10-6-3-7-11-17/h2-14,27H,1H3. The number of fused-ring (bicyclic) bond motifs is 3. The molecule has 0 atom stereocenters. The molecule has 0 amide bonds. The van der Waals surface area contributed by atoms with E-state index in [4.69, 9.17) is 9.15 Å². The molecular weight excluding hydrogens is 426 g/mol. The fraction of sp³-hybridized carbons (Fsp3) is 0.0400. The van der Waals surface area contributed by atoms with E-state index in [1.165, 1.54) is 11.7 Å². The highest BCUT2D eigenvalue weighted by Crippen LogP contribution is 2.38. The number of rotatable bonds is 4. The summed E-state index contributed by atoms with van der Waals surface area (Å²) in [5, 5.41) is 11.5. The van der Waals surface area contributed by atoms with Crippen LogP contribution in [0.15, 0.2) is 103 Å². The second kappa shape index (κ2) is 7.94. The maximum Gasteiger partial charge on any atom is 0.354 e. The number of nitrogens with zero attached hydrogens (tertiary/aromatic N) is 1. The highest BCUT2D eigenvalue weighted by atomic mass is 32.2. The summed E-state index contributed by atoms with van der Waals surface area (Å²) in [4.78, 5) is 27.2. The fourth-order valence-electron chi connectivity index (χ4n) is 3.66. The lowest BCUT2D eigenvalue weighted by atomic mass is 10.1. The molecule has 32 heavy (non-hydrogen) atoms. The lowest BCUT2D eigenvalue weighted by molar-refractivity contribution is 0.415. The number of methoxy groups -OCH3 is 1. The number of para-hydroxylation sites is 1. The van der Waals surface area contributed by atoms with Gasteiger partial charge in [0.1, 0.15) is 16.0 Å². The molecule has 0 saturated carbocycles. The molecular formula is C25H17NO5S. The van der Waals surface area contributed by atoms with E-state index in [0.29, 0.717) is 22.3 Å². The number of benzene rings is 3. The first-order chi connectivity index (χ1) is 15.6. The van der Waals surface area contributed by atoms with Gasteiger partial charge in [-0.3, -0.25) is 9.36 Å². The summed E-state index contributed by atoms with van der Waals surface area (Å²) >= 11 is 1.05. The van der Waals surface area contributed by atoms with Crippen molar-refractivity contribution in [3.63, 3.8) is 0 Å². The molecule has 1 N–H and O–H groups in total. The van der Waals surface area contributed by atoms with Gasteiger partial charge in [0, 0.05) is 22.0 Å². The molecule has 0 unspecified atom stereocenters. The Balaban J connectivity index is 1.90. The van der Waals surface area contributed by atoms with Crippen LogP contribution in [0.3, 0.4) is 0 Å². The number of hydrogen-bond acceptors (Lipinski definition) is 6. The number of hydrogen-bond donors (Lipinski definition) is 1. The van der Waals surface area contributed by atoms with Gasteiger partial charge < -0.3 is 14.3 Å². The van der Waals surface area contributed by atoms with Gasteiger partial charge in [0.25, 0.3) is 5.56 Å². The van der Waals surface area contributed by atoms with Gasteiger partial charge in [-0.05, 0) is 36.4 Å². The third-order valence-electron chi connectivity index (χ3n) is 5.14. The van der Waals surface area contributed by atoms with Gasteiger partial charge in [0.15, 0.2) is 11.3 Å². The van der Waals surface area contributed by atoms with Crippen molar-refractivity contribution < 1.29 is 14.3 Å². The Kier molecular flexibility index (Phi) is 4.95. The summed E-state index contributed by atoms with van der Waals surface area (Å²) in [5.41, 5.74) is -0.0553.